The zero-order valence-electron chi connectivity index (χ0n) is 11.3. The molecule has 4 nitrogen and oxygen atoms in total. The zero-order chi connectivity index (χ0) is 14.1. The molecule has 0 aliphatic carbocycles. The number of nitrogens with two attached hydrogens (primary N) is 1. The quantitative estimate of drug-likeness (QED) is 0.673. The fourth-order valence-corrected chi connectivity index (χ4v) is 3.12. The van der Waals surface area contributed by atoms with E-state index in [2.05, 4.69) is 4.90 Å². The van der Waals surface area contributed by atoms with Gasteiger partial charge in [0.15, 0.2) is 6.04 Å². The first-order valence-corrected chi connectivity index (χ1v) is 7.09. The summed E-state index contributed by atoms with van der Waals surface area (Å²) in [6.07, 6.45) is 2.21. The van der Waals surface area contributed by atoms with Crippen LogP contribution in [0.15, 0.2) is 24.3 Å². The molecule has 1 aromatic carbocycles. The Labute approximate surface area is 117 Å². The number of benzene rings is 1. The van der Waals surface area contributed by atoms with Crippen LogP contribution in [0.25, 0.3) is 0 Å². The van der Waals surface area contributed by atoms with E-state index < -0.39 is 6.04 Å². The van der Waals surface area contributed by atoms with E-state index in [1.807, 2.05) is 0 Å². The molecule has 0 saturated carbocycles. The van der Waals surface area contributed by atoms with Gasteiger partial charge in [-0.25, -0.2) is 4.39 Å². The van der Waals surface area contributed by atoms with E-state index in [1.54, 1.807) is 12.1 Å². The van der Waals surface area contributed by atoms with Crippen molar-refractivity contribution in [1.29, 1.82) is 0 Å². The summed E-state index contributed by atoms with van der Waals surface area (Å²) in [7, 11) is 0. The molecule has 0 spiro atoms. The third kappa shape index (κ3) is 2.69. The predicted octanol–water partition coefficient (Wildman–Crippen LogP) is 1.44. The van der Waals surface area contributed by atoms with Crippen LogP contribution in [0, 0.1) is 11.7 Å². The molecule has 2 bridgehead atoms. The second-order valence-electron chi connectivity index (χ2n) is 5.67. The standard InChI is InChI=1S/C15H19FN2O2/c16-12-3-1-2-11(8-12)14(17)15(19)20-13-9-18-6-4-10(13)5-7-18/h1-3,8,10,13-14H,4-7,9,17H2/p+1. The second kappa shape index (κ2) is 5.50. The third-order valence-corrected chi connectivity index (χ3v) is 4.34. The molecule has 3 heterocycles. The number of carbonyl (C=O) groups excluding carboxylic acids is 1. The summed E-state index contributed by atoms with van der Waals surface area (Å²) in [5.41, 5.74) is 6.45. The SMILES string of the molecule is NC(C(=[OH+])OC1CN2CCC1CC2)c1cccc(F)c1. The highest BCUT2D eigenvalue weighted by Crippen LogP contribution is 2.30. The Morgan fingerprint density at radius 3 is 2.75 bits per heavy atom. The highest BCUT2D eigenvalue weighted by molar-refractivity contribution is 5.78. The van der Waals surface area contributed by atoms with E-state index in [4.69, 9.17) is 10.5 Å². The number of ether oxygens (including phenoxy) is 1. The summed E-state index contributed by atoms with van der Waals surface area (Å²) in [4.78, 5) is 12.4. The van der Waals surface area contributed by atoms with E-state index in [9.17, 15) is 9.18 Å². The van der Waals surface area contributed by atoms with Crippen molar-refractivity contribution < 1.29 is 13.9 Å². The van der Waals surface area contributed by atoms with Gasteiger partial charge in [-0.15, -0.1) is 0 Å². The maximum Gasteiger partial charge on any atom is 0.505 e. The minimum atomic E-state index is -0.804. The van der Waals surface area contributed by atoms with Crippen molar-refractivity contribution in [3.63, 3.8) is 0 Å². The van der Waals surface area contributed by atoms with Gasteiger partial charge in [-0.05, 0) is 43.6 Å². The normalized spacial score (nSPS) is 30.0. The third-order valence-electron chi connectivity index (χ3n) is 4.34. The first kappa shape index (κ1) is 13.5. The smallest absolute Gasteiger partial charge is 0.338 e. The Bertz CT molecular complexity index is 500. The molecular weight excluding hydrogens is 259 g/mol. The van der Waals surface area contributed by atoms with Crippen LogP contribution in [0.2, 0.25) is 0 Å². The molecule has 108 valence electrons. The van der Waals surface area contributed by atoms with Gasteiger partial charge in [-0.3, -0.25) is 4.90 Å². The van der Waals surface area contributed by atoms with Crippen molar-refractivity contribution in [2.45, 2.75) is 25.0 Å². The van der Waals surface area contributed by atoms with Gasteiger partial charge in [0.1, 0.15) is 5.82 Å². The highest BCUT2D eigenvalue weighted by atomic mass is 19.1. The average Bonchev–Trinajstić information content (AvgIpc) is 2.47. The number of piperidine rings is 3. The molecule has 3 N–H and O–H groups in total. The number of fused-ring (bicyclic) bond motifs is 3. The summed E-state index contributed by atoms with van der Waals surface area (Å²) in [5, 5.41) is 0. The summed E-state index contributed by atoms with van der Waals surface area (Å²) < 4.78 is 18.8. The van der Waals surface area contributed by atoms with E-state index in [-0.39, 0.29) is 17.9 Å². The van der Waals surface area contributed by atoms with Crippen molar-refractivity contribution in [1.82, 2.24) is 4.90 Å². The molecule has 2 atom stereocenters. The van der Waals surface area contributed by atoms with E-state index in [0.29, 0.717) is 11.5 Å². The van der Waals surface area contributed by atoms with Crippen LogP contribution in [0.1, 0.15) is 24.4 Å². The van der Waals surface area contributed by atoms with Gasteiger partial charge in [0.2, 0.25) is 6.10 Å². The maximum absolute atomic E-state index is 13.2. The summed E-state index contributed by atoms with van der Waals surface area (Å²) in [6.45, 7) is 3.06. The van der Waals surface area contributed by atoms with Gasteiger partial charge in [0.05, 0.1) is 6.54 Å². The van der Waals surface area contributed by atoms with Crippen LogP contribution in [0.4, 0.5) is 4.39 Å². The van der Waals surface area contributed by atoms with Crippen LogP contribution in [-0.2, 0) is 4.74 Å². The number of nitrogens with zero attached hydrogens (tertiary/aromatic N) is 1. The highest BCUT2D eigenvalue weighted by Gasteiger charge is 2.42. The van der Waals surface area contributed by atoms with Crippen molar-refractivity contribution in [2.24, 2.45) is 11.7 Å². The van der Waals surface area contributed by atoms with Crippen molar-refractivity contribution in [3.8, 4) is 0 Å². The summed E-state index contributed by atoms with van der Waals surface area (Å²) >= 11 is 0. The summed E-state index contributed by atoms with van der Waals surface area (Å²) in [5.74, 6) is -0.0928. The topological polar surface area (TPSA) is 59.9 Å². The Morgan fingerprint density at radius 1 is 1.40 bits per heavy atom. The minimum absolute atomic E-state index is 0.00268. The fourth-order valence-electron chi connectivity index (χ4n) is 3.12. The van der Waals surface area contributed by atoms with Gasteiger partial charge in [0, 0.05) is 5.92 Å². The molecule has 0 radical (unpaired) electrons. The van der Waals surface area contributed by atoms with Gasteiger partial charge < -0.3 is 15.3 Å². The van der Waals surface area contributed by atoms with Crippen LogP contribution < -0.4 is 5.73 Å². The van der Waals surface area contributed by atoms with Crippen molar-refractivity contribution in [2.75, 3.05) is 19.6 Å². The molecule has 1 aromatic rings. The van der Waals surface area contributed by atoms with Gasteiger partial charge >= 0.3 is 5.97 Å². The molecule has 2 unspecified atom stereocenters. The Hall–Kier alpha value is -1.46. The molecule has 20 heavy (non-hydrogen) atoms. The Morgan fingerprint density at radius 2 is 2.15 bits per heavy atom. The van der Waals surface area contributed by atoms with Gasteiger partial charge in [-0.1, -0.05) is 12.1 Å². The molecule has 5 heteroatoms. The van der Waals surface area contributed by atoms with Crippen LogP contribution >= 0.6 is 0 Å². The van der Waals surface area contributed by atoms with E-state index in [1.165, 1.54) is 12.1 Å². The monoisotopic (exact) mass is 279 g/mol. The number of rotatable bonds is 3. The van der Waals surface area contributed by atoms with Crippen molar-refractivity contribution in [3.05, 3.63) is 35.6 Å². The first-order valence-electron chi connectivity index (χ1n) is 7.09. The lowest BCUT2D eigenvalue weighted by molar-refractivity contribution is -0.0215. The second-order valence-corrected chi connectivity index (χ2v) is 5.67. The minimum Gasteiger partial charge on any atom is -0.338 e. The maximum atomic E-state index is 13.2. The molecule has 3 aliphatic heterocycles. The molecule has 0 aromatic heterocycles. The van der Waals surface area contributed by atoms with E-state index in [0.717, 1.165) is 32.5 Å². The zero-order valence-corrected chi connectivity index (χ0v) is 11.3. The van der Waals surface area contributed by atoms with Gasteiger partial charge in [-0.2, -0.15) is 0 Å². The molecule has 3 fully saturated rings. The number of hydrogen-bond acceptors (Lipinski definition) is 3. The summed E-state index contributed by atoms with van der Waals surface area (Å²) in [6, 6.07) is 5.12. The van der Waals surface area contributed by atoms with Crippen molar-refractivity contribution >= 4 is 5.97 Å². The van der Waals surface area contributed by atoms with Crippen LogP contribution in [0.5, 0.6) is 0 Å². The Balaban J connectivity index is 1.64. The lowest BCUT2D eigenvalue weighted by Gasteiger charge is -2.41. The average molecular weight is 279 g/mol. The molecule has 0 amide bonds. The molecular formula is C15H20FN2O2+. The predicted molar refractivity (Wildman–Crippen MR) is 74.3 cm³/mol. The van der Waals surface area contributed by atoms with Crippen LogP contribution in [0.3, 0.4) is 0 Å². The number of halogens is 1. The molecule has 3 aliphatic rings. The molecule has 4 rings (SSSR count). The fraction of sp³-hybridized carbons (Fsp3) is 0.533. The molecule has 3 saturated heterocycles. The van der Waals surface area contributed by atoms with E-state index >= 15 is 0 Å². The first-order chi connectivity index (χ1) is 9.63. The number of esters is 1. The van der Waals surface area contributed by atoms with Gasteiger partial charge in [0.25, 0.3) is 0 Å². The lowest BCUT2D eigenvalue weighted by atomic mass is 9.86. The van der Waals surface area contributed by atoms with Crippen LogP contribution in [-0.4, -0.2) is 41.4 Å². The Kier molecular flexibility index (Phi) is 3.72. The lowest BCUT2D eigenvalue weighted by Crippen LogP contribution is -2.52. The number of hydrogen-bond donors (Lipinski definition) is 1. The largest absolute Gasteiger partial charge is 0.505 e.